The second-order valence-corrected chi connectivity index (χ2v) is 5.28. The van der Waals surface area contributed by atoms with Gasteiger partial charge in [0.2, 0.25) is 0 Å². The first-order valence-electron chi connectivity index (χ1n) is 6.76. The van der Waals surface area contributed by atoms with Crippen LogP contribution in [0.3, 0.4) is 0 Å². The van der Waals surface area contributed by atoms with Gasteiger partial charge in [-0.15, -0.1) is 0 Å². The summed E-state index contributed by atoms with van der Waals surface area (Å²) in [6, 6.07) is 14.8. The van der Waals surface area contributed by atoms with E-state index in [4.69, 9.17) is 0 Å². The van der Waals surface area contributed by atoms with Crippen LogP contribution in [0.5, 0.6) is 0 Å². The Morgan fingerprint density at radius 3 is 2.70 bits per heavy atom. The van der Waals surface area contributed by atoms with Crippen molar-refractivity contribution >= 4 is 21.9 Å². The number of fused-ring (bicyclic) bond motifs is 3. The molecule has 20 heavy (non-hydrogen) atoms. The number of aromatic amines is 1. The van der Waals surface area contributed by atoms with Gasteiger partial charge in [-0.05, 0) is 31.5 Å². The first kappa shape index (κ1) is 11.3. The van der Waals surface area contributed by atoms with E-state index in [1.165, 1.54) is 16.5 Å². The SMILES string of the molecule is Cc1ccc(-n2ncc3[nH]c4ccccc4c32)c(C)c1. The van der Waals surface area contributed by atoms with Crippen molar-refractivity contribution in [2.45, 2.75) is 13.8 Å². The summed E-state index contributed by atoms with van der Waals surface area (Å²) in [5, 5.41) is 5.76. The average Bonchev–Trinajstić information content (AvgIpc) is 2.98. The van der Waals surface area contributed by atoms with Gasteiger partial charge in [0.25, 0.3) is 0 Å². The minimum absolute atomic E-state index is 1.08. The fourth-order valence-corrected chi connectivity index (χ4v) is 2.87. The summed E-state index contributed by atoms with van der Waals surface area (Å²) in [5.41, 5.74) is 7.02. The number of H-pyrrole nitrogens is 1. The van der Waals surface area contributed by atoms with Crippen LogP contribution in [-0.2, 0) is 0 Å². The van der Waals surface area contributed by atoms with Crippen LogP contribution >= 0.6 is 0 Å². The van der Waals surface area contributed by atoms with E-state index < -0.39 is 0 Å². The van der Waals surface area contributed by atoms with Gasteiger partial charge >= 0.3 is 0 Å². The van der Waals surface area contributed by atoms with E-state index in [2.05, 4.69) is 60.3 Å². The maximum atomic E-state index is 4.55. The second-order valence-electron chi connectivity index (χ2n) is 5.28. The van der Waals surface area contributed by atoms with Gasteiger partial charge in [0.05, 0.1) is 22.9 Å². The van der Waals surface area contributed by atoms with E-state index in [1.807, 2.05) is 16.9 Å². The van der Waals surface area contributed by atoms with Gasteiger partial charge in [0, 0.05) is 10.9 Å². The largest absolute Gasteiger partial charge is 0.352 e. The Labute approximate surface area is 116 Å². The van der Waals surface area contributed by atoms with E-state index in [9.17, 15) is 0 Å². The number of rotatable bonds is 1. The summed E-state index contributed by atoms with van der Waals surface area (Å²) in [6.45, 7) is 4.24. The molecular formula is C17H15N3. The molecule has 4 aromatic rings. The van der Waals surface area contributed by atoms with Gasteiger partial charge in [-0.25, -0.2) is 4.68 Å². The summed E-state index contributed by atoms with van der Waals surface area (Å²) in [5.74, 6) is 0. The predicted molar refractivity (Wildman–Crippen MR) is 82.4 cm³/mol. The normalized spacial score (nSPS) is 11.5. The van der Waals surface area contributed by atoms with Crippen molar-refractivity contribution in [3.63, 3.8) is 0 Å². The number of aryl methyl sites for hydroxylation is 2. The summed E-state index contributed by atoms with van der Waals surface area (Å²) < 4.78 is 2.03. The van der Waals surface area contributed by atoms with Crippen molar-refractivity contribution in [1.82, 2.24) is 14.8 Å². The molecular weight excluding hydrogens is 246 g/mol. The Bertz CT molecular complexity index is 928. The lowest BCUT2D eigenvalue weighted by atomic mass is 10.1. The summed E-state index contributed by atoms with van der Waals surface area (Å²) >= 11 is 0. The molecule has 0 radical (unpaired) electrons. The van der Waals surface area contributed by atoms with E-state index in [0.29, 0.717) is 0 Å². The standard InChI is InChI=1S/C17H15N3/c1-11-7-8-16(12(2)9-11)20-17-13-5-3-4-6-14(13)19-15(17)10-18-20/h3-10,19H,1-2H3. The topological polar surface area (TPSA) is 33.6 Å². The zero-order valence-corrected chi connectivity index (χ0v) is 11.5. The molecule has 2 aromatic carbocycles. The zero-order chi connectivity index (χ0) is 13.7. The third kappa shape index (κ3) is 1.50. The summed E-state index contributed by atoms with van der Waals surface area (Å²) in [6.07, 6.45) is 1.90. The number of para-hydroxylation sites is 1. The maximum absolute atomic E-state index is 4.55. The maximum Gasteiger partial charge on any atom is 0.0997 e. The quantitative estimate of drug-likeness (QED) is 0.549. The molecule has 0 unspecified atom stereocenters. The highest BCUT2D eigenvalue weighted by Gasteiger charge is 2.12. The van der Waals surface area contributed by atoms with Crippen LogP contribution in [-0.4, -0.2) is 14.8 Å². The first-order valence-corrected chi connectivity index (χ1v) is 6.76. The molecule has 0 saturated carbocycles. The highest BCUT2D eigenvalue weighted by atomic mass is 15.3. The van der Waals surface area contributed by atoms with Crippen LogP contribution in [0.15, 0.2) is 48.7 Å². The molecule has 0 aliphatic carbocycles. The fourth-order valence-electron chi connectivity index (χ4n) is 2.87. The van der Waals surface area contributed by atoms with E-state index in [0.717, 1.165) is 22.2 Å². The van der Waals surface area contributed by atoms with Gasteiger partial charge in [0.15, 0.2) is 0 Å². The van der Waals surface area contributed by atoms with Crippen molar-refractivity contribution < 1.29 is 0 Å². The number of aromatic nitrogens is 3. The second kappa shape index (κ2) is 3.97. The third-order valence-corrected chi connectivity index (χ3v) is 3.80. The zero-order valence-electron chi connectivity index (χ0n) is 11.5. The Hall–Kier alpha value is -2.55. The first-order chi connectivity index (χ1) is 9.74. The molecule has 0 aliphatic heterocycles. The molecule has 2 aromatic heterocycles. The average molecular weight is 261 g/mol. The van der Waals surface area contributed by atoms with E-state index >= 15 is 0 Å². The van der Waals surface area contributed by atoms with Gasteiger partial charge in [-0.3, -0.25) is 0 Å². The van der Waals surface area contributed by atoms with Crippen LogP contribution in [0.25, 0.3) is 27.6 Å². The van der Waals surface area contributed by atoms with Crippen molar-refractivity contribution in [2.75, 3.05) is 0 Å². The number of hydrogen-bond donors (Lipinski definition) is 1. The smallest absolute Gasteiger partial charge is 0.0997 e. The molecule has 1 N–H and O–H groups in total. The van der Waals surface area contributed by atoms with Crippen LogP contribution in [0, 0.1) is 13.8 Å². The Balaban J connectivity index is 2.09. The minimum Gasteiger partial charge on any atom is -0.352 e. The number of nitrogens with zero attached hydrogens (tertiary/aromatic N) is 2. The molecule has 0 aliphatic rings. The summed E-state index contributed by atoms with van der Waals surface area (Å²) in [4.78, 5) is 3.42. The molecule has 3 heteroatoms. The Morgan fingerprint density at radius 2 is 1.85 bits per heavy atom. The van der Waals surface area contributed by atoms with E-state index in [-0.39, 0.29) is 0 Å². The fraction of sp³-hybridized carbons (Fsp3) is 0.118. The molecule has 0 fully saturated rings. The van der Waals surface area contributed by atoms with Crippen LogP contribution < -0.4 is 0 Å². The third-order valence-electron chi connectivity index (χ3n) is 3.80. The molecule has 0 spiro atoms. The molecule has 0 amide bonds. The molecule has 2 heterocycles. The molecule has 0 bridgehead atoms. The van der Waals surface area contributed by atoms with Gasteiger partial charge in [-0.1, -0.05) is 35.9 Å². The van der Waals surface area contributed by atoms with E-state index in [1.54, 1.807) is 0 Å². The summed E-state index contributed by atoms with van der Waals surface area (Å²) in [7, 11) is 0. The minimum atomic E-state index is 1.08. The van der Waals surface area contributed by atoms with Gasteiger partial charge in [-0.2, -0.15) is 5.10 Å². The lowest BCUT2D eigenvalue weighted by molar-refractivity contribution is 0.904. The Morgan fingerprint density at radius 1 is 1.00 bits per heavy atom. The van der Waals surface area contributed by atoms with Crippen molar-refractivity contribution in [3.05, 3.63) is 59.8 Å². The van der Waals surface area contributed by atoms with Crippen LogP contribution in [0.1, 0.15) is 11.1 Å². The lowest BCUT2D eigenvalue weighted by Crippen LogP contribution is -1.98. The number of hydrogen-bond acceptors (Lipinski definition) is 1. The molecule has 3 nitrogen and oxygen atoms in total. The van der Waals surface area contributed by atoms with Crippen molar-refractivity contribution in [2.24, 2.45) is 0 Å². The molecule has 0 saturated heterocycles. The highest BCUT2D eigenvalue weighted by molar-refractivity contribution is 6.05. The number of benzene rings is 2. The molecule has 98 valence electrons. The van der Waals surface area contributed by atoms with Crippen LogP contribution in [0.4, 0.5) is 0 Å². The number of nitrogens with one attached hydrogen (secondary N) is 1. The van der Waals surface area contributed by atoms with Crippen molar-refractivity contribution in [1.29, 1.82) is 0 Å². The van der Waals surface area contributed by atoms with Crippen molar-refractivity contribution in [3.8, 4) is 5.69 Å². The lowest BCUT2D eigenvalue weighted by Gasteiger charge is -2.08. The predicted octanol–water partition coefficient (Wildman–Crippen LogP) is 4.12. The molecule has 4 rings (SSSR count). The monoisotopic (exact) mass is 261 g/mol. The van der Waals surface area contributed by atoms with Crippen LogP contribution in [0.2, 0.25) is 0 Å². The van der Waals surface area contributed by atoms with Gasteiger partial charge < -0.3 is 4.98 Å². The Kier molecular flexibility index (Phi) is 2.24. The highest BCUT2D eigenvalue weighted by Crippen LogP contribution is 2.28. The molecule has 0 atom stereocenters. The van der Waals surface area contributed by atoms with Gasteiger partial charge in [0.1, 0.15) is 0 Å².